The van der Waals surface area contributed by atoms with Crippen LogP contribution in [0.4, 0.5) is 0 Å². The van der Waals surface area contributed by atoms with Gasteiger partial charge < -0.3 is 28.8 Å². The fourth-order valence-electron chi connectivity index (χ4n) is 8.16. The minimum Gasteiger partial charge on any atom is -0.462 e. The highest BCUT2D eigenvalue weighted by molar-refractivity contribution is 5.90. The van der Waals surface area contributed by atoms with Gasteiger partial charge in [-0.3, -0.25) is 9.59 Å². The van der Waals surface area contributed by atoms with Crippen molar-refractivity contribution < 1.29 is 43.2 Å². The Morgan fingerprint density at radius 1 is 1.12 bits per heavy atom. The number of hydrogen-bond acceptors (Lipinski definition) is 9. The molecule has 9 nitrogen and oxygen atoms in total. The van der Waals surface area contributed by atoms with E-state index in [-0.39, 0.29) is 35.5 Å². The zero-order chi connectivity index (χ0) is 30.0. The molecule has 1 saturated carbocycles. The number of aliphatic hydroxyl groups is 1. The maximum absolute atomic E-state index is 12.7. The molecular formula is C32H46O9. The van der Waals surface area contributed by atoms with Gasteiger partial charge in [0.05, 0.1) is 13.2 Å². The highest BCUT2D eigenvalue weighted by Crippen LogP contribution is 2.58. The summed E-state index contributed by atoms with van der Waals surface area (Å²) in [4.78, 5) is 37.0. The first-order chi connectivity index (χ1) is 19.0. The minimum atomic E-state index is -2.02. The van der Waals surface area contributed by atoms with Crippen LogP contribution in [0.3, 0.4) is 0 Å². The molecule has 0 aromatic heterocycles. The van der Waals surface area contributed by atoms with Crippen molar-refractivity contribution >= 4 is 17.7 Å². The Morgan fingerprint density at radius 3 is 2.44 bits per heavy atom. The topological polar surface area (TPSA) is 118 Å². The van der Waals surface area contributed by atoms with Gasteiger partial charge in [0.15, 0.2) is 5.78 Å². The third kappa shape index (κ3) is 5.00. The average Bonchev–Trinajstić information content (AvgIpc) is 3.25. The van der Waals surface area contributed by atoms with Crippen LogP contribution < -0.4 is 0 Å². The van der Waals surface area contributed by atoms with E-state index >= 15 is 0 Å². The van der Waals surface area contributed by atoms with E-state index in [4.69, 9.17) is 23.7 Å². The highest BCUT2D eigenvalue weighted by atomic mass is 16.8. The first-order valence-electron chi connectivity index (χ1n) is 15.1. The van der Waals surface area contributed by atoms with Crippen molar-refractivity contribution in [3.8, 4) is 0 Å². The van der Waals surface area contributed by atoms with E-state index in [2.05, 4.69) is 20.4 Å². The first kappa shape index (κ1) is 30.4. The molecule has 1 N–H and O–H groups in total. The fraction of sp³-hybridized carbons (Fsp3) is 0.781. The monoisotopic (exact) mass is 574 g/mol. The number of hydrogen-bond donors (Lipinski definition) is 1. The second-order valence-electron chi connectivity index (χ2n) is 14.1. The van der Waals surface area contributed by atoms with E-state index in [9.17, 15) is 19.5 Å². The SMILES string of the molecule is C=C1CC[C@@H](CC[C@H]2CC[C@]3(OC2)O[C@@]2(O)C(=O)C[C@]3(C)OC2(C)C)C(C)(C)[C@H]1[C@H](C=C1CCOC1=O)OC(C)=O. The van der Waals surface area contributed by atoms with Crippen LogP contribution in [0.25, 0.3) is 0 Å². The normalized spacial score (nSPS) is 41.5. The molecule has 0 aromatic carbocycles. The number of ketones is 1. The number of Topliss-reactive ketones (excluding diaryl/α,β-unsaturated/α-hetero) is 1. The van der Waals surface area contributed by atoms with Crippen LogP contribution in [0.15, 0.2) is 23.8 Å². The van der Waals surface area contributed by atoms with Gasteiger partial charge in [-0.1, -0.05) is 26.0 Å². The standard InChI is InChI=1S/C32H46O9/c1-19-8-10-23(28(3,4)26(19)24(39-20(2)33)16-22-13-15-37-27(22)35)11-9-21-12-14-31(38-18-21)30(7)17-25(34)32(36,41-31)29(5,6)40-30/h16,21,23-24,26,36H,1,8-15,17-18H2,2-7H3/t21-,23-,24-,26+,30-,31-,32-/m0/s1. The summed E-state index contributed by atoms with van der Waals surface area (Å²) in [5, 5.41) is 11.1. The summed E-state index contributed by atoms with van der Waals surface area (Å²) < 4.78 is 29.7. The molecule has 2 bridgehead atoms. The molecule has 9 heteroatoms. The van der Waals surface area contributed by atoms with Crippen LogP contribution >= 0.6 is 0 Å². The van der Waals surface area contributed by atoms with Gasteiger partial charge in [-0.2, -0.15) is 0 Å². The van der Waals surface area contributed by atoms with E-state index in [0.29, 0.717) is 43.5 Å². The molecule has 6 rings (SSSR count). The van der Waals surface area contributed by atoms with Gasteiger partial charge in [0.25, 0.3) is 5.79 Å². The quantitative estimate of drug-likeness (QED) is 0.277. The molecule has 0 amide bonds. The zero-order valence-electron chi connectivity index (χ0n) is 25.4. The van der Waals surface area contributed by atoms with Gasteiger partial charge in [0, 0.05) is 37.7 Å². The number of carbonyl (C=O) groups is 3. The van der Waals surface area contributed by atoms with Crippen molar-refractivity contribution in [3.05, 3.63) is 23.8 Å². The summed E-state index contributed by atoms with van der Waals surface area (Å²) in [6.45, 7) is 16.2. The van der Waals surface area contributed by atoms with E-state index < -0.39 is 28.9 Å². The number of cyclic esters (lactones) is 1. The second kappa shape index (κ2) is 10.3. The minimum absolute atomic E-state index is 0.0521. The van der Waals surface area contributed by atoms with Crippen LogP contribution in [-0.4, -0.2) is 64.9 Å². The van der Waals surface area contributed by atoms with Crippen molar-refractivity contribution in [1.29, 1.82) is 0 Å². The molecule has 6 aliphatic rings. The number of carbonyl (C=O) groups excluding carboxylic acids is 3. The third-order valence-electron chi connectivity index (χ3n) is 10.6. The predicted octanol–water partition coefficient (Wildman–Crippen LogP) is 4.55. The summed E-state index contributed by atoms with van der Waals surface area (Å²) in [6.07, 6.45) is 6.87. The van der Waals surface area contributed by atoms with Crippen LogP contribution in [0.2, 0.25) is 0 Å². The maximum Gasteiger partial charge on any atom is 0.333 e. The van der Waals surface area contributed by atoms with E-state index in [1.807, 2.05) is 6.92 Å². The lowest BCUT2D eigenvalue weighted by molar-refractivity contribution is -0.496. The molecule has 6 fully saturated rings. The molecule has 5 saturated heterocycles. The lowest BCUT2D eigenvalue weighted by atomic mass is 9.57. The predicted molar refractivity (Wildman–Crippen MR) is 148 cm³/mol. The molecule has 1 spiro atoms. The van der Waals surface area contributed by atoms with Crippen LogP contribution in [0.5, 0.6) is 0 Å². The van der Waals surface area contributed by atoms with Gasteiger partial charge >= 0.3 is 11.9 Å². The molecule has 1 aliphatic carbocycles. The van der Waals surface area contributed by atoms with Gasteiger partial charge in [-0.05, 0) is 76.2 Å². The van der Waals surface area contributed by atoms with Gasteiger partial charge in [-0.25, -0.2) is 4.79 Å². The Kier molecular flexibility index (Phi) is 7.62. The van der Waals surface area contributed by atoms with Crippen molar-refractivity contribution in [2.45, 2.75) is 122 Å². The summed E-state index contributed by atoms with van der Waals surface area (Å²) in [5.41, 5.74) is -0.756. The zero-order valence-corrected chi connectivity index (χ0v) is 25.4. The lowest BCUT2D eigenvalue weighted by Crippen LogP contribution is -2.81. The van der Waals surface area contributed by atoms with Crippen LogP contribution in [0.1, 0.15) is 92.9 Å². The molecule has 0 aromatic rings. The largest absolute Gasteiger partial charge is 0.462 e. The maximum atomic E-state index is 12.7. The molecule has 0 unspecified atom stereocenters. The molecule has 41 heavy (non-hydrogen) atoms. The van der Waals surface area contributed by atoms with Crippen molar-refractivity contribution in [2.75, 3.05) is 13.2 Å². The van der Waals surface area contributed by atoms with E-state index in [1.165, 1.54) is 6.92 Å². The van der Waals surface area contributed by atoms with Gasteiger partial charge in [0.2, 0.25) is 5.79 Å². The van der Waals surface area contributed by atoms with Crippen LogP contribution in [-0.2, 0) is 38.1 Å². The Morgan fingerprint density at radius 2 is 1.85 bits per heavy atom. The molecule has 5 aliphatic heterocycles. The Balaban J connectivity index is 1.25. The van der Waals surface area contributed by atoms with Gasteiger partial charge in [0.1, 0.15) is 17.3 Å². The smallest absolute Gasteiger partial charge is 0.333 e. The van der Waals surface area contributed by atoms with Crippen molar-refractivity contribution in [3.63, 3.8) is 0 Å². The van der Waals surface area contributed by atoms with Crippen LogP contribution in [0, 0.1) is 23.2 Å². The van der Waals surface area contributed by atoms with E-state index in [1.54, 1.807) is 19.9 Å². The number of fused-ring (bicyclic) bond motifs is 2. The molecule has 0 radical (unpaired) electrons. The first-order valence-corrected chi connectivity index (χ1v) is 15.1. The number of esters is 2. The highest BCUT2D eigenvalue weighted by Gasteiger charge is 2.74. The third-order valence-corrected chi connectivity index (χ3v) is 10.6. The van der Waals surface area contributed by atoms with Crippen molar-refractivity contribution in [2.24, 2.45) is 23.2 Å². The summed E-state index contributed by atoms with van der Waals surface area (Å²) in [6, 6.07) is 0. The second-order valence-corrected chi connectivity index (χ2v) is 14.1. The van der Waals surface area contributed by atoms with Crippen molar-refractivity contribution in [1.82, 2.24) is 0 Å². The summed E-state index contributed by atoms with van der Waals surface area (Å²) in [5.74, 6) is -3.75. The fourth-order valence-corrected chi connectivity index (χ4v) is 8.16. The number of rotatable bonds is 6. The molecular weight excluding hydrogens is 528 g/mol. The van der Waals surface area contributed by atoms with E-state index in [0.717, 1.165) is 37.7 Å². The van der Waals surface area contributed by atoms with Gasteiger partial charge in [-0.15, -0.1) is 0 Å². The Labute approximate surface area is 242 Å². The molecule has 5 heterocycles. The lowest BCUT2D eigenvalue weighted by Gasteiger charge is -2.65. The Hall–Kier alpha value is -2.07. The summed E-state index contributed by atoms with van der Waals surface area (Å²) >= 11 is 0. The molecule has 228 valence electrons. The summed E-state index contributed by atoms with van der Waals surface area (Å²) in [7, 11) is 0. The average molecular weight is 575 g/mol. The number of ether oxygens (including phenoxy) is 5. The Bertz CT molecular complexity index is 1140. The molecule has 7 atom stereocenters.